The molecule has 0 aliphatic heterocycles. The molecule has 0 spiro atoms. The van der Waals surface area contributed by atoms with E-state index in [1.807, 2.05) is 12.1 Å². The fourth-order valence-electron chi connectivity index (χ4n) is 5.15. The van der Waals surface area contributed by atoms with Gasteiger partial charge in [0.25, 0.3) is 0 Å². The lowest BCUT2D eigenvalue weighted by atomic mass is 9.89. The molecule has 0 bridgehead atoms. The van der Waals surface area contributed by atoms with Crippen LogP contribution in [0.4, 0.5) is 26.3 Å². The van der Waals surface area contributed by atoms with Crippen molar-refractivity contribution in [3.05, 3.63) is 153 Å². The average Bonchev–Trinajstić information content (AvgIpc) is 3.09. The monoisotopic (exact) mass is 644 g/mol. The molecule has 5 rings (SSSR count). The van der Waals surface area contributed by atoms with E-state index >= 15 is 0 Å². The van der Waals surface area contributed by atoms with Crippen molar-refractivity contribution in [1.82, 2.24) is 0 Å². The first-order chi connectivity index (χ1) is 22.9. The van der Waals surface area contributed by atoms with Crippen LogP contribution in [-0.4, -0.2) is 0 Å². The average molecular weight is 645 g/mol. The molecule has 0 aliphatic rings. The second kappa shape index (κ2) is 13.0. The van der Waals surface area contributed by atoms with Gasteiger partial charge in [-0.25, -0.2) is 0 Å². The molecule has 0 unspecified atom stereocenters. The van der Waals surface area contributed by atoms with E-state index < -0.39 is 23.5 Å². The first-order valence-corrected chi connectivity index (χ1v) is 14.0. The van der Waals surface area contributed by atoms with Crippen LogP contribution in [0.2, 0.25) is 0 Å². The molecule has 0 atom stereocenters. The second-order valence-corrected chi connectivity index (χ2v) is 10.4. The van der Waals surface area contributed by atoms with Gasteiger partial charge in [-0.05, 0) is 94.0 Å². The molecular weight excluding hydrogens is 626 g/mol. The van der Waals surface area contributed by atoms with Gasteiger partial charge in [0, 0.05) is 10.4 Å². The smallest absolute Gasteiger partial charge is 0.192 e. The summed E-state index contributed by atoms with van der Waals surface area (Å²) in [5.74, 6) is 0. The molecule has 0 N–H and O–H groups in total. The quantitative estimate of drug-likeness (QED) is 0.184. The number of hydrogen-bond donors (Lipinski definition) is 0. The number of benzene rings is 5. The Balaban J connectivity index is 1.97. The zero-order valence-electron chi connectivity index (χ0n) is 24.4. The highest BCUT2D eigenvalue weighted by Gasteiger charge is 2.31. The summed E-state index contributed by atoms with van der Waals surface area (Å²) in [7, 11) is 0. The van der Waals surface area contributed by atoms with Crippen molar-refractivity contribution in [2.45, 2.75) is 12.4 Å². The highest BCUT2D eigenvalue weighted by atomic mass is 19.4. The minimum Gasteiger partial charge on any atom is -0.192 e. The summed E-state index contributed by atoms with van der Waals surface area (Å²) >= 11 is 0. The maximum Gasteiger partial charge on any atom is 0.416 e. The lowest BCUT2D eigenvalue weighted by molar-refractivity contribution is -0.138. The molecular formula is C38H18F6N4. The third-order valence-electron chi connectivity index (χ3n) is 7.57. The Morgan fingerprint density at radius 1 is 0.438 bits per heavy atom. The predicted octanol–water partition coefficient (Wildman–Crippen LogP) is 8.25. The molecule has 0 radical (unpaired) electrons. The van der Waals surface area contributed by atoms with Crippen LogP contribution in [-0.2, 0) is 12.4 Å². The van der Waals surface area contributed by atoms with Crippen LogP contribution in [0.15, 0.2) is 109 Å². The Labute approximate surface area is 270 Å². The summed E-state index contributed by atoms with van der Waals surface area (Å²) < 4.78 is 80.8. The minimum absolute atomic E-state index is 0.0611. The standard InChI is InChI=1S/C38H18F6N4/c39-37(40,41)29-13-9-25(10-14-29)31-18-34(36(22-48)28-7-3-24(20-46)4-8-28)32(26-11-15-30(16-12-26)38(42,43)44)17-33(31)35(21-47)27-5-1-23(19-45)2-6-27/h1-18H/b35-33+,36-34+. The van der Waals surface area contributed by atoms with E-state index in [1.165, 1.54) is 84.9 Å². The second-order valence-electron chi connectivity index (χ2n) is 10.4. The first-order valence-electron chi connectivity index (χ1n) is 14.0. The van der Waals surface area contributed by atoms with Crippen LogP contribution in [0.3, 0.4) is 0 Å². The van der Waals surface area contributed by atoms with Crippen LogP contribution in [0.5, 0.6) is 0 Å². The van der Waals surface area contributed by atoms with Crippen molar-refractivity contribution in [3.8, 4) is 46.5 Å². The van der Waals surface area contributed by atoms with Crippen molar-refractivity contribution < 1.29 is 26.3 Å². The van der Waals surface area contributed by atoms with E-state index in [-0.39, 0.29) is 43.8 Å². The van der Waals surface area contributed by atoms with Crippen LogP contribution in [0.1, 0.15) is 33.4 Å². The molecule has 10 heteroatoms. The van der Waals surface area contributed by atoms with Gasteiger partial charge in [0.2, 0.25) is 0 Å². The van der Waals surface area contributed by atoms with Gasteiger partial charge < -0.3 is 0 Å². The molecule has 0 saturated carbocycles. The van der Waals surface area contributed by atoms with Crippen LogP contribution in [0, 0.1) is 45.3 Å². The predicted molar refractivity (Wildman–Crippen MR) is 165 cm³/mol. The number of halogens is 6. The maximum atomic E-state index is 13.5. The molecule has 0 fully saturated rings. The Bertz CT molecular complexity index is 2140. The first kappa shape index (κ1) is 32.8. The fourth-order valence-corrected chi connectivity index (χ4v) is 5.15. The van der Waals surface area contributed by atoms with Crippen molar-refractivity contribution >= 4 is 11.1 Å². The van der Waals surface area contributed by atoms with Gasteiger partial charge in [-0.1, -0.05) is 48.5 Å². The molecule has 0 heterocycles. The largest absolute Gasteiger partial charge is 0.416 e. The Kier molecular flexibility index (Phi) is 8.88. The van der Waals surface area contributed by atoms with Gasteiger partial charge in [-0.15, -0.1) is 0 Å². The number of hydrogen-bond acceptors (Lipinski definition) is 4. The zero-order chi connectivity index (χ0) is 34.6. The van der Waals surface area contributed by atoms with Gasteiger partial charge >= 0.3 is 12.4 Å². The van der Waals surface area contributed by atoms with Crippen molar-refractivity contribution in [2.24, 2.45) is 0 Å². The highest BCUT2D eigenvalue weighted by Crippen LogP contribution is 2.33. The van der Waals surface area contributed by atoms with E-state index in [4.69, 9.17) is 0 Å². The molecule has 4 nitrogen and oxygen atoms in total. The molecule has 0 aromatic heterocycles. The maximum absolute atomic E-state index is 13.5. The summed E-state index contributed by atoms with van der Waals surface area (Å²) in [6.45, 7) is 0. The molecule has 232 valence electrons. The van der Waals surface area contributed by atoms with Gasteiger partial charge in [-0.3, -0.25) is 0 Å². The number of nitriles is 4. The summed E-state index contributed by atoms with van der Waals surface area (Å²) in [5.41, 5.74) is 0.713. The SMILES string of the molecule is N#C/C(c1ccc(C#N)cc1)=c1/cc(-c2ccc(C(F)(F)F)cc2)/c(=C(\C#N)c2ccc(C#N)cc2)cc1-c1ccc(C(F)(F)F)cc1. The third-order valence-corrected chi connectivity index (χ3v) is 7.57. The summed E-state index contributed by atoms with van der Waals surface area (Å²) in [4.78, 5) is 0. The van der Waals surface area contributed by atoms with Gasteiger partial charge in [0.1, 0.15) is 12.1 Å². The lowest BCUT2D eigenvalue weighted by Crippen LogP contribution is -2.20. The van der Waals surface area contributed by atoms with E-state index in [1.54, 1.807) is 0 Å². The Morgan fingerprint density at radius 2 is 0.750 bits per heavy atom. The number of rotatable bonds is 4. The highest BCUT2D eigenvalue weighted by molar-refractivity contribution is 5.87. The molecule has 0 amide bonds. The topological polar surface area (TPSA) is 95.2 Å². The van der Waals surface area contributed by atoms with Crippen molar-refractivity contribution in [1.29, 1.82) is 21.0 Å². The Hall–Kier alpha value is -6.62. The van der Waals surface area contributed by atoms with E-state index in [9.17, 15) is 47.4 Å². The molecule has 5 aromatic rings. The summed E-state index contributed by atoms with van der Waals surface area (Å²) in [6.07, 6.45) is -9.24. The van der Waals surface area contributed by atoms with Gasteiger partial charge in [0.05, 0.1) is 45.5 Å². The lowest BCUT2D eigenvalue weighted by Gasteiger charge is -2.14. The summed E-state index contributed by atoms with van der Waals surface area (Å²) in [6, 6.07) is 31.8. The van der Waals surface area contributed by atoms with Gasteiger partial charge in [0.15, 0.2) is 0 Å². The molecule has 5 aromatic carbocycles. The van der Waals surface area contributed by atoms with Crippen LogP contribution in [0.25, 0.3) is 33.4 Å². The minimum atomic E-state index is -4.62. The number of nitrogens with zero attached hydrogens (tertiary/aromatic N) is 4. The van der Waals surface area contributed by atoms with E-state index in [0.29, 0.717) is 22.3 Å². The van der Waals surface area contributed by atoms with Crippen molar-refractivity contribution in [3.63, 3.8) is 0 Å². The van der Waals surface area contributed by atoms with Crippen LogP contribution >= 0.6 is 0 Å². The van der Waals surface area contributed by atoms with Crippen LogP contribution < -0.4 is 10.4 Å². The molecule has 48 heavy (non-hydrogen) atoms. The normalized spacial score (nSPS) is 12.5. The zero-order valence-corrected chi connectivity index (χ0v) is 24.4. The molecule has 0 aliphatic carbocycles. The summed E-state index contributed by atoms with van der Waals surface area (Å²) in [5, 5.41) is 39.8. The third kappa shape index (κ3) is 6.65. The van der Waals surface area contributed by atoms with Gasteiger partial charge in [-0.2, -0.15) is 47.4 Å². The molecule has 0 saturated heterocycles. The van der Waals surface area contributed by atoms with Crippen molar-refractivity contribution in [2.75, 3.05) is 0 Å². The fraction of sp³-hybridized carbons (Fsp3) is 0.0526. The Morgan fingerprint density at radius 3 is 1.00 bits per heavy atom. The number of alkyl halides is 6. The van der Waals surface area contributed by atoms with E-state index in [2.05, 4.69) is 12.1 Å². The van der Waals surface area contributed by atoms with E-state index in [0.717, 1.165) is 24.3 Å².